The Kier molecular flexibility index (Phi) is 4.14. The number of aryl methyl sites for hydroxylation is 1. The summed E-state index contributed by atoms with van der Waals surface area (Å²) in [6.07, 6.45) is 3.35. The molecule has 0 amide bonds. The van der Waals surface area contributed by atoms with Crippen LogP contribution < -0.4 is 5.69 Å². The number of aromatic nitrogens is 2. The van der Waals surface area contributed by atoms with Gasteiger partial charge in [0.15, 0.2) is 0 Å². The second-order valence-corrected chi connectivity index (χ2v) is 4.12. The Morgan fingerprint density at radius 3 is 2.60 bits per heavy atom. The molecule has 0 saturated heterocycles. The van der Waals surface area contributed by atoms with Crippen LogP contribution in [0.15, 0.2) is 17.2 Å². The van der Waals surface area contributed by atoms with Gasteiger partial charge < -0.3 is 4.74 Å². The minimum atomic E-state index is -0.493. The molecule has 0 spiro atoms. The fourth-order valence-electron chi connectivity index (χ4n) is 1.21. The molecule has 1 aromatic heterocycles. The van der Waals surface area contributed by atoms with E-state index in [-0.39, 0.29) is 18.2 Å². The van der Waals surface area contributed by atoms with Crippen molar-refractivity contribution in [3.63, 3.8) is 0 Å². The Bertz CT molecular complexity index is 396. The quantitative estimate of drug-likeness (QED) is 0.598. The van der Waals surface area contributed by atoms with Gasteiger partial charge >= 0.3 is 11.7 Å². The van der Waals surface area contributed by atoms with E-state index in [0.29, 0.717) is 6.54 Å². The zero-order valence-corrected chi connectivity index (χ0v) is 10.2. The first-order valence-corrected chi connectivity index (χ1v) is 5.49. The van der Waals surface area contributed by atoms with E-state index in [1.165, 1.54) is 11.7 Å². The van der Waals surface area contributed by atoms with Gasteiger partial charge in [-0.25, -0.2) is 4.79 Å². The van der Waals surface area contributed by atoms with E-state index in [1.54, 1.807) is 17.0 Å². The predicted molar refractivity (Wildman–Crippen MR) is 59.1 cm³/mol. The lowest BCUT2D eigenvalue weighted by molar-refractivity contribution is -0.140. The van der Waals surface area contributed by atoms with Gasteiger partial charge in [0.25, 0.3) is 0 Å². The zero-order chi connectivity index (χ0) is 11.4. The van der Waals surface area contributed by atoms with Crippen LogP contribution in [-0.4, -0.2) is 27.0 Å². The summed E-state index contributed by atoms with van der Waals surface area (Å²) >= 11 is 3.16. The summed E-state index contributed by atoms with van der Waals surface area (Å²) in [5.41, 5.74) is -0.120. The highest BCUT2D eigenvalue weighted by Gasteiger charge is 2.16. The van der Waals surface area contributed by atoms with Crippen molar-refractivity contribution in [1.82, 2.24) is 9.13 Å². The molecule has 15 heavy (non-hydrogen) atoms. The van der Waals surface area contributed by atoms with Crippen molar-refractivity contribution in [2.24, 2.45) is 0 Å². The van der Waals surface area contributed by atoms with Crippen LogP contribution >= 0.6 is 15.9 Å². The standard InChI is InChI=1S/C9H13BrN2O3/c1-3-11-4-5-12(9(11)14)6-7(10)8(13)15-2/h4-5,7H,3,6H2,1-2H3. The molecule has 6 heteroatoms. The Morgan fingerprint density at radius 1 is 1.53 bits per heavy atom. The molecule has 0 N–H and O–H groups in total. The van der Waals surface area contributed by atoms with Crippen LogP contribution in [0.5, 0.6) is 0 Å². The van der Waals surface area contributed by atoms with Gasteiger partial charge in [0.2, 0.25) is 0 Å². The molecule has 84 valence electrons. The smallest absolute Gasteiger partial charge is 0.328 e. The number of ether oxygens (including phenoxy) is 1. The van der Waals surface area contributed by atoms with Crippen LogP contribution in [0.4, 0.5) is 0 Å². The summed E-state index contributed by atoms with van der Waals surface area (Å²) < 4.78 is 7.59. The number of alkyl halides is 1. The van der Waals surface area contributed by atoms with Crippen molar-refractivity contribution in [3.05, 3.63) is 22.9 Å². The fraction of sp³-hybridized carbons (Fsp3) is 0.556. The molecule has 0 fully saturated rings. The number of rotatable bonds is 4. The maximum atomic E-state index is 11.6. The van der Waals surface area contributed by atoms with Crippen molar-refractivity contribution >= 4 is 21.9 Å². The van der Waals surface area contributed by atoms with Crippen LogP contribution in [-0.2, 0) is 22.6 Å². The molecule has 1 unspecified atom stereocenters. The topological polar surface area (TPSA) is 53.2 Å². The minimum Gasteiger partial charge on any atom is -0.468 e. The molecule has 1 rings (SSSR count). The van der Waals surface area contributed by atoms with Crippen molar-refractivity contribution in [3.8, 4) is 0 Å². The van der Waals surface area contributed by atoms with Gasteiger partial charge in [0.1, 0.15) is 4.83 Å². The normalized spacial score (nSPS) is 12.5. The molecule has 0 aliphatic heterocycles. The summed E-state index contributed by atoms with van der Waals surface area (Å²) in [5.74, 6) is -0.383. The Labute approximate surface area is 95.8 Å². The Morgan fingerprint density at radius 2 is 2.13 bits per heavy atom. The third kappa shape index (κ3) is 2.71. The van der Waals surface area contributed by atoms with E-state index in [4.69, 9.17) is 0 Å². The molecule has 0 aliphatic carbocycles. The molecule has 0 bridgehead atoms. The van der Waals surface area contributed by atoms with Gasteiger partial charge in [-0.3, -0.25) is 13.9 Å². The van der Waals surface area contributed by atoms with Gasteiger partial charge in [-0.15, -0.1) is 0 Å². The lowest BCUT2D eigenvalue weighted by Gasteiger charge is -2.07. The number of halogens is 1. The number of methoxy groups -OCH3 is 1. The number of imidazole rings is 1. The minimum absolute atomic E-state index is 0.120. The van der Waals surface area contributed by atoms with E-state index < -0.39 is 4.83 Å². The second kappa shape index (κ2) is 5.16. The Hall–Kier alpha value is -1.04. The first-order valence-electron chi connectivity index (χ1n) is 4.57. The van der Waals surface area contributed by atoms with E-state index in [0.717, 1.165) is 0 Å². The van der Waals surface area contributed by atoms with Crippen molar-refractivity contribution < 1.29 is 9.53 Å². The van der Waals surface area contributed by atoms with Crippen molar-refractivity contribution in [2.45, 2.75) is 24.8 Å². The third-order valence-electron chi connectivity index (χ3n) is 2.07. The number of hydrogen-bond acceptors (Lipinski definition) is 3. The largest absolute Gasteiger partial charge is 0.468 e. The highest BCUT2D eigenvalue weighted by Crippen LogP contribution is 2.04. The van der Waals surface area contributed by atoms with Crippen molar-refractivity contribution in [2.75, 3.05) is 7.11 Å². The van der Waals surface area contributed by atoms with Crippen LogP contribution in [0.2, 0.25) is 0 Å². The number of hydrogen-bond donors (Lipinski definition) is 0. The summed E-state index contributed by atoms with van der Waals surface area (Å²) in [6, 6.07) is 0. The molecule has 0 saturated carbocycles. The summed E-state index contributed by atoms with van der Waals surface area (Å²) in [7, 11) is 1.32. The van der Waals surface area contributed by atoms with E-state index >= 15 is 0 Å². The highest BCUT2D eigenvalue weighted by atomic mass is 79.9. The first-order chi connectivity index (χ1) is 7.10. The third-order valence-corrected chi connectivity index (χ3v) is 2.74. The van der Waals surface area contributed by atoms with E-state index in [2.05, 4.69) is 20.7 Å². The van der Waals surface area contributed by atoms with Gasteiger partial charge in [-0.2, -0.15) is 0 Å². The average Bonchev–Trinajstić information content (AvgIpc) is 2.58. The van der Waals surface area contributed by atoms with Gasteiger partial charge in [-0.1, -0.05) is 15.9 Å². The molecule has 1 atom stereocenters. The second-order valence-electron chi connectivity index (χ2n) is 3.01. The number of esters is 1. The van der Waals surface area contributed by atoms with Crippen molar-refractivity contribution in [1.29, 1.82) is 0 Å². The number of carbonyl (C=O) groups excluding carboxylic acids is 1. The molecular formula is C9H13BrN2O3. The lowest BCUT2D eigenvalue weighted by atomic mass is 10.4. The van der Waals surface area contributed by atoms with Crippen LogP contribution in [0.25, 0.3) is 0 Å². The number of nitrogens with zero attached hydrogens (tertiary/aromatic N) is 2. The van der Waals surface area contributed by atoms with E-state index in [9.17, 15) is 9.59 Å². The Balaban J connectivity index is 2.77. The first kappa shape index (κ1) is 12.0. The van der Waals surface area contributed by atoms with Crippen LogP contribution in [0, 0.1) is 0 Å². The lowest BCUT2D eigenvalue weighted by Crippen LogP contribution is -2.29. The van der Waals surface area contributed by atoms with Gasteiger partial charge in [0, 0.05) is 18.9 Å². The summed E-state index contributed by atoms with van der Waals surface area (Å²) in [6.45, 7) is 2.78. The summed E-state index contributed by atoms with van der Waals surface area (Å²) in [5, 5.41) is 0. The fourth-order valence-corrected chi connectivity index (χ4v) is 1.71. The molecule has 0 aromatic carbocycles. The monoisotopic (exact) mass is 276 g/mol. The maximum absolute atomic E-state index is 11.6. The van der Waals surface area contributed by atoms with Gasteiger partial charge in [-0.05, 0) is 6.92 Å². The van der Waals surface area contributed by atoms with E-state index in [1.807, 2.05) is 6.92 Å². The SMILES string of the molecule is CCn1ccn(CC(Br)C(=O)OC)c1=O. The zero-order valence-electron chi connectivity index (χ0n) is 8.64. The van der Waals surface area contributed by atoms with Gasteiger partial charge in [0.05, 0.1) is 13.7 Å². The molecule has 0 aliphatic rings. The molecule has 0 radical (unpaired) electrons. The number of carbonyl (C=O) groups is 1. The maximum Gasteiger partial charge on any atom is 0.328 e. The molecular weight excluding hydrogens is 264 g/mol. The molecule has 1 aromatic rings. The molecule has 5 nitrogen and oxygen atoms in total. The predicted octanol–water partition coefficient (Wildman–Crippen LogP) is 0.606. The highest BCUT2D eigenvalue weighted by molar-refractivity contribution is 9.10. The summed E-state index contributed by atoms with van der Waals surface area (Å²) in [4.78, 5) is 22.2. The van der Waals surface area contributed by atoms with Crippen LogP contribution in [0.3, 0.4) is 0 Å². The van der Waals surface area contributed by atoms with Crippen LogP contribution in [0.1, 0.15) is 6.92 Å². The molecule has 1 heterocycles. The average molecular weight is 277 g/mol.